The number of nitrogens with two attached hydrogens (primary N) is 1. The Kier molecular flexibility index (Phi) is 4.68. The molecule has 2 aliphatic rings. The molecule has 1 aliphatic carbocycles. The van der Waals surface area contributed by atoms with E-state index in [-0.39, 0.29) is 0 Å². The van der Waals surface area contributed by atoms with Gasteiger partial charge >= 0.3 is 0 Å². The van der Waals surface area contributed by atoms with Gasteiger partial charge in [-0.25, -0.2) is 0 Å². The summed E-state index contributed by atoms with van der Waals surface area (Å²) >= 11 is 0. The lowest BCUT2D eigenvalue weighted by molar-refractivity contribution is 0.0126. The summed E-state index contributed by atoms with van der Waals surface area (Å²) in [7, 11) is 2.26. The number of hydrogen-bond acceptors (Lipinski definition) is 3. The van der Waals surface area contributed by atoms with Crippen LogP contribution in [-0.4, -0.2) is 54.6 Å². The first-order valence-electron chi connectivity index (χ1n) is 7.72. The van der Waals surface area contributed by atoms with Gasteiger partial charge in [-0.3, -0.25) is 4.90 Å². The van der Waals surface area contributed by atoms with Gasteiger partial charge in [0.25, 0.3) is 0 Å². The van der Waals surface area contributed by atoms with Crippen molar-refractivity contribution >= 4 is 0 Å². The third-order valence-electron chi connectivity index (χ3n) is 5.17. The molecule has 1 saturated carbocycles. The van der Waals surface area contributed by atoms with Gasteiger partial charge in [0.15, 0.2) is 0 Å². The molecule has 0 radical (unpaired) electrons. The lowest BCUT2D eigenvalue weighted by atomic mass is 9.76. The standard InChI is InChI=1S/C15H31N3/c1-5-13-10-18(7-6-17(13)4)15-12(3)8-11(2)9-14(15)16/h11-15H,5-10,16H2,1-4H3. The minimum atomic E-state index is 0.379. The van der Waals surface area contributed by atoms with Gasteiger partial charge in [-0.15, -0.1) is 0 Å². The van der Waals surface area contributed by atoms with Gasteiger partial charge < -0.3 is 10.6 Å². The van der Waals surface area contributed by atoms with E-state index in [2.05, 4.69) is 37.6 Å². The molecule has 0 aromatic heterocycles. The summed E-state index contributed by atoms with van der Waals surface area (Å²) < 4.78 is 0. The molecule has 1 saturated heterocycles. The van der Waals surface area contributed by atoms with Gasteiger partial charge in [0.1, 0.15) is 0 Å². The van der Waals surface area contributed by atoms with Crippen molar-refractivity contribution in [2.24, 2.45) is 17.6 Å². The molecule has 5 atom stereocenters. The Balaban J connectivity index is 2.02. The molecule has 2 rings (SSSR count). The zero-order chi connectivity index (χ0) is 13.3. The van der Waals surface area contributed by atoms with Gasteiger partial charge in [-0.1, -0.05) is 20.8 Å². The average molecular weight is 253 g/mol. The summed E-state index contributed by atoms with van der Waals surface area (Å²) in [6, 6.07) is 1.71. The zero-order valence-corrected chi connectivity index (χ0v) is 12.6. The second-order valence-corrected chi connectivity index (χ2v) is 6.75. The number of hydrogen-bond donors (Lipinski definition) is 1. The van der Waals surface area contributed by atoms with Gasteiger partial charge in [-0.2, -0.15) is 0 Å². The van der Waals surface area contributed by atoms with Crippen molar-refractivity contribution in [1.29, 1.82) is 0 Å². The summed E-state index contributed by atoms with van der Waals surface area (Å²) in [6.45, 7) is 10.7. The Hall–Kier alpha value is -0.120. The van der Waals surface area contributed by atoms with Crippen LogP contribution in [0.25, 0.3) is 0 Å². The van der Waals surface area contributed by atoms with E-state index < -0.39 is 0 Å². The molecule has 5 unspecified atom stereocenters. The van der Waals surface area contributed by atoms with E-state index in [0.29, 0.717) is 12.1 Å². The Morgan fingerprint density at radius 3 is 2.50 bits per heavy atom. The Labute approximate surface area is 113 Å². The first-order valence-corrected chi connectivity index (χ1v) is 7.72. The second kappa shape index (κ2) is 5.89. The third kappa shape index (κ3) is 2.89. The first-order chi connectivity index (χ1) is 8.52. The topological polar surface area (TPSA) is 32.5 Å². The summed E-state index contributed by atoms with van der Waals surface area (Å²) in [5.74, 6) is 1.56. The SMILES string of the molecule is CCC1CN(C2C(C)CC(C)CC2N)CCN1C. The zero-order valence-electron chi connectivity index (χ0n) is 12.6. The lowest BCUT2D eigenvalue weighted by Crippen LogP contribution is -2.61. The Morgan fingerprint density at radius 2 is 1.89 bits per heavy atom. The van der Waals surface area contributed by atoms with E-state index in [0.717, 1.165) is 17.9 Å². The van der Waals surface area contributed by atoms with E-state index in [1.165, 1.54) is 38.9 Å². The molecule has 18 heavy (non-hydrogen) atoms. The molecular formula is C15H31N3. The van der Waals surface area contributed by atoms with Crippen molar-refractivity contribution in [1.82, 2.24) is 9.80 Å². The number of likely N-dealkylation sites (N-methyl/N-ethyl adjacent to an activating group) is 1. The van der Waals surface area contributed by atoms with E-state index in [9.17, 15) is 0 Å². The molecule has 0 amide bonds. The molecule has 0 bridgehead atoms. The van der Waals surface area contributed by atoms with Crippen LogP contribution in [0, 0.1) is 11.8 Å². The van der Waals surface area contributed by atoms with Gasteiger partial charge in [-0.05, 0) is 38.1 Å². The smallest absolute Gasteiger partial charge is 0.0274 e. The molecule has 0 spiro atoms. The number of piperazine rings is 1. The minimum absolute atomic E-state index is 0.379. The van der Waals surface area contributed by atoms with Gasteiger partial charge in [0.05, 0.1) is 0 Å². The normalized spacial score (nSPS) is 44.2. The van der Waals surface area contributed by atoms with Crippen molar-refractivity contribution in [3.8, 4) is 0 Å². The highest BCUT2D eigenvalue weighted by atomic mass is 15.3. The number of rotatable bonds is 2. The maximum Gasteiger partial charge on any atom is 0.0274 e. The Bertz CT molecular complexity index is 256. The summed E-state index contributed by atoms with van der Waals surface area (Å²) in [5, 5.41) is 0. The summed E-state index contributed by atoms with van der Waals surface area (Å²) in [5.41, 5.74) is 6.46. The molecular weight excluding hydrogens is 222 g/mol. The van der Waals surface area contributed by atoms with Crippen LogP contribution < -0.4 is 5.73 Å². The highest BCUT2D eigenvalue weighted by Gasteiger charge is 2.38. The fourth-order valence-electron chi connectivity index (χ4n) is 4.21. The van der Waals surface area contributed by atoms with E-state index in [1.807, 2.05) is 0 Å². The van der Waals surface area contributed by atoms with Crippen molar-refractivity contribution < 1.29 is 0 Å². The fourth-order valence-corrected chi connectivity index (χ4v) is 4.21. The number of nitrogens with zero attached hydrogens (tertiary/aromatic N) is 2. The predicted molar refractivity (Wildman–Crippen MR) is 77.6 cm³/mol. The maximum atomic E-state index is 6.46. The fraction of sp³-hybridized carbons (Fsp3) is 1.00. The van der Waals surface area contributed by atoms with Crippen LogP contribution in [0.5, 0.6) is 0 Å². The molecule has 0 aromatic rings. The van der Waals surface area contributed by atoms with Crippen molar-refractivity contribution in [2.45, 2.75) is 58.2 Å². The van der Waals surface area contributed by atoms with E-state index in [1.54, 1.807) is 0 Å². The molecule has 3 nitrogen and oxygen atoms in total. The van der Waals surface area contributed by atoms with Gasteiger partial charge in [0, 0.05) is 37.8 Å². The van der Waals surface area contributed by atoms with Crippen LogP contribution in [0.1, 0.15) is 40.0 Å². The molecule has 2 N–H and O–H groups in total. The van der Waals surface area contributed by atoms with E-state index >= 15 is 0 Å². The second-order valence-electron chi connectivity index (χ2n) is 6.75. The van der Waals surface area contributed by atoms with Crippen LogP contribution in [0.3, 0.4) is 0 Å². The molecule has 3 heteroatoms. The maximum absolute atomic E-state index is 6.46. The lowest BCUT2D eigenvalue weighted by Gasteiger charge is -2.49. The quantitative estimate of drug-likeness (QED) is 0.814. The molecule has 1 aliphatic heterocycles. The highest BCUT2D eigenvalue weighted by Crippen LogP contribution is 2.32. The molecule has 1 heterocycles. The third-order valence-corrected chi connectivity index (χ3v) is 5.17. The Morgan fingerprint density at radius 1 is 1.17 bits per heavy atom. The average Bonchev–Trinajstić information content (AvgIpc) is 2.30. The van der Waals surface area contributed by atoms with Crippen LogP contribution in [0.4, 0.5) is 0 Å². The monoisotopic (exact) mass is 253 g/mol. The van der Waals surface area contributed by atoms with Crippen molar-refractivity contribution in [2.75, 3.05) is 26.7 Å². The van der Waals surface area contributed by atoms with Crippen LogP contribution in [0.2, 0.25) is 0 Å². The summed E-state index contributed by atoms with van der Waals surface area (Å²) in [4.78, 5) is 5.20. The largest absolute Gasteiger partial charge is 0.326 e. The van der Waals surface area contributed by atoms with Crippen molar-refractivity contribution in [3.63, 3.8) is 0 Å². The van der Waals surface area contributed by atoms with Crippen LogP contribution in [-0.2, 0) is 0 Å². The molecule has 0 aromatic carbocycles. The van der Waals surface area contributed by atoms with Crippen LogP contribution >= 0.6 is 0 Å². The molecule has 106 valence electrons. The predicted octanol–water partition coefficient (Wildman–Crippen LogP) is 1.77. The first kappa shape index (κ1) is 14.3. The highest BCUT2D eigenvalue weighted by molar-refractivity contribution is 4.95. The van der Waals surface area contributed by atoms with Gasteiger partial charge in [0.2, 0.25) is 0 Å². The minimum Gasteiger partial charge on any atom is -0.326 e. The van der Waals surface area contributed by atoms with E-state index in [4.69, 9.17) is 5.73 Å². The van der Waals surface area contributed by atoms with Crippen molar-refractivity contribution in [3.05, 3.63) is 0 Å². The summed E-state index contributed by atoms with van der Waals surface area (Å²) in [6.07, 6.45) is 3.80. The molecule has 2 fully saturated rings. The van der Waals surface area contributed by atoms with Crippen LogP contribution in [0.15, 0.2) is 0 Å².